The van der Waals surface area contributed by atoms with Crippen LogP contribution in [0.5, 0.6) is 11.5 Å². The predicted molar refractivity (Wildman–Crippen MR) is 112 cm³/mol. The van der Waals surface area contributed by atoms with Gasteiger partial charge in [-0.3, -0.25) is 9.69 Å². The van der Waals surface area contributed by atoms with Crippen LogP contribution in [0.2, 0.25) is 10.0 Å². The van der Waals surface area contributed by atoms with Crippen molar-refractivity contribution >= 4 is 41.5 Å². The highest BCUT2D eigenvalue weighted by Crippen LogP contribution is 2.33. The zero-order chi connectivity index (χ0) is 18.4. The standard InChI is InChI=1S/C19H21Cl2N3O2.ClH/c20-14-4-1-2-6-16(14)26-17-7-3-5-15(21)18(17)19(25)23-10-13-24-11-8-22-9-12-24;/h1-7,22H,8-13H2,(H,23,25);1H. The number of carbonyl (C=O) groups is 1. The van der Waals surface area contributed by atoms with Gasteiger partial charge in [0.05, 0.1) is 10.0 Å². The maximum atomic E-state index is 12.7. The van der Waals surface area contributed by atoms with Crippen LogP contribution < -0.4 is 15.4 Å². The second kappa shape index (κ2) is 10.7. The highest BCUT2D eigenvalue weighted by Gasteiger charge is 2.18. The summed E-state index contributed by atoms with van der Waals surface area (Å²) in [6.07, 6.45) is 0. The monoisotopic (exact) mass is 429 g/mol. The van der Waals surface area contributed by atoms with Gasteiger partial charge < -0.3 is 15.4 Å². The number of hydrogen-bond acceptors (Lipinski definition) is 4. The van der Waals surface area contributed by atoms with Crippen LogP contribution in [0, 0.1) is 0 Å². The van der Waals surface area contributed by atoms with Crippen molar-refractivity contribution in [2.75, 3.05) is 39.3 Å². The highest BCUT2D eigenvalue weighted by atomic mass is 35.5. The number of piperazine rings is 1. The molecular weight excluding hydrogens is 409 g/mol. The molecule has 1 aliphatic rings. The molecule has 2 aromatic rings. The SMILES string of the molecule is Cl.O=C(NCCN1CCNCC1)c1c(Cl)cccc1Oc1ccccc1Cl. The minimum absolute atomic E-state index is 0. The number of nitrogens with one attached hydrogen (secondary N) is 2. The molecule has 0 bridgehead atoms. The van der Waals surface area contributed by atoms with Gasteiger partial charge in [-0.25, -0.2) is 0 Å². The number of nitrogens with zero attached hydrogens (tertiary/aromatic N) is 1. The predicted octanol–water partition coefficient (Wildman–Crippen LogP) is 3.84. The molecule has 0 atom stereocenters. The third-order valence-electron chi connectivity index (χ3n) is 4.18. The van der Waals surface area contributed by atoms with Crippen molar-refractivity contribution in [3.63, 3.8) is 0 Å². The number of carbonyl (C=O) groups excluding carboxylic acids is 1. The summed E-state index contributed by atoms with van der Waals surface area (Å²) < 4.78 is 5.84. The third kappa shape index (κ3) is 5.99. The first kappa shape index (κ1) is 21.8. The van der Waals surface area contributed by atoms with Crippen molar-refractivity contribution in [2.45, 2.75) is 0 Å². The average Bonchev–Trinajstić information content (AvgIpc) is 2.64. The van der Waals surface area contributed by atoms with Crippen LogP contribution in [0.4, 0.5) is 0 Å². The van der Waals surface area contributed by atoms with Crippen molar-refractivity contribution in [2.24, 2.45) is 0 Å². The smallest absolute Gasteiger partial charge is 0.256 e. The van der Waals surface area contributed by atoms with Crippen molar-refractivity contribution < 1.29 is 9.53 Å². The quantitative estimate of drug-likeness (QED) is 0.731. The lowest BCUT2D eigenvalue weighted by Gasteiger charge is -2.27. The van der Waals surface area contributed by atoms with Crippen molar-refractivity contribution in [1.82, 2.24) is 15.5 Å². The molecule has 0 spiro atoms. The molecule has 1 amide bonds. The number of amides is 1. The molecule has 0 aromatic heterocycles. The summed E-state index contributed by atoms with van der Waals surface area (Å²) in [6.45, 7) is 5.29. The summed E-state index contributed by atoms with van der Waals surface area (Å²) in [6, 6.07) is 12.2. The molecular formula is C19H22Cl3N3O2. The van der Waals surface area contributed by atoms with Crippen LogP contribution in [0.3, 0.4) is 0 Å². The summed E-state index contributed by atoms with van der Waals surface area (Å²) in [5.74, 6) is 0.601. The van der Waals surface area contributed by atoms with Gasteiger partial charge in [-0.2, -0.15) is 0 Å². The lowest BCUT2D eigenvalue weighted by Crippen LogP contribution is -2.46. The van der Waals surface area contributed by atoms with Gasteiger partial charge in [0.25, 0.3) is 5.91 Å². The van der Waals surface area contributed by atoms with Crippen LogP contribution in [0.1, 0.15) is 10.4 Å². The first-order chi connectivity index (χ1) is 12.6. The molecule has 2 aromatic carbocycles. The zero-order valence-corrected chi connectivity index (χ0v) is 17.0. The fraction of sp³-hybridized carbons (Fsp3) is 0.316. The molecule has 27 heavy (non-hydrogen) atoms. The molecule has 0 saturated carbocycles. The first-order valence-electron chi connectivity index (χ1n) is 8.57. The Morgan fingerprint density at radius 2 is 1.70 bits per heavy atom. The Kier molecular flexibility index (Phi) is 8.67. The van der Waals surface area contributed by atoms with Gasteiger partial charge >= 0.3 is 0 Å². The number of halogens is 3. The van der Waals surface area contributed by atoms with E-state index in [0.29, 0.717) is 33.7 Å². The Morgan fingerprint density at radius 3 is 2.44 bits per heavy atom. The number of hydrogen-bond donors (Lipinski definition) is 2. The molecule has 1 heterocycles. The van der Waals surface area contributed by atoms with Gasteiger partial charge in [0.15, 0.2) is 0 Å². The van der Waals surface area contributed by atoms with Crippen molar-refractivity contribution in [1.29, 1.82) is 0 Å². The molecule has 146 valence electrons. The third-order valence-corrected chi connectivity index (χ3v) is 4.81. The van der Waals surface area contributed by atoms with Gasteiger partial charge in [-0.1, -0.05) is 41.4 Å². The Morgan fingerprint density at radius 1 is 1.04 bits per heavy atom. The molecule has 0 unspecified atom stereocenters. The van der Waals surface area contributed by atoms with Gasteiger partial charge in [0.1, 0.15) is 17.1 Å². The first-order valence-corrected chi connectivity index (χ1v) is 9.33. The lowest BCUT2D eigenvalue weighted by molar-refractivity contribution is 0.0945. The summed E-state index contributed by atoms with van der Waals surface area (Å²) in [4.78, 5) is 15.0. The number of benzene rings is 2. The minimum atomic E-state index is -0.257. The molecule has 0 aliphatic carbocycles. The zero-order valence-electron chi connectivity index (χ0n) is 14.7. The van der Waals surface area contributed by atoms with E-state index in [9.17, 15) is 4.79 Å². The summed E-state index contributed by atoms with van der Waals surface area (Å²) >= 11 is 12.4. The van der Waals surface area contributed by atoms with Crippen molar-refractivity contribution in [3.8, 4) is 11.5 Å². The van der Waals surface area contributed by atoms with E-state index in [1.165, 1.54) is 0 Å². The van der Waals surface area contributed by atoms with E-state index in [2.05, 4.69) is 15.5 Å². The Hall–Kier alpha value is -1.50. The van der Waals surface area contributed by atoms with E-state index >= 15 is 0 Å². The molecule has 3 rings (SSSR count). The molecule has 1 aliphatic heterocycles. The van der Waals surface area contributed by atoms with Gasteiger partial charge in [-0.15, -0.1) is 12.4 Å². The van der Waals surface area contributed by atoms with E-state index in [1.807, 2.05) is 12.1 Å². The van der Waals surface area contributed by atoms with Crippen molar-refractivity contribution in [3.05, 3.63) is 58.1 Å². The fourth-order valence-electron chi connectivity index (χ4n) is 2.81. The van der Waals surface area contributed by atoms with Crippen LogP contribution in [0.25, 0.3) is 0 Å². The Balaban J connectivity index is 0.00000261. The van der Waals surface area contributed by atoms with Gasteiger partial charge in [0, 0.05) is 39.3 Å². The molecule has 8 heteroatoms. The molecule has 1 saturated heterocycles. The molecule has 0 radical (unpaired) electrons. The Bertz CT molecular complexity index is 768. The number of ether oxygens (including phenoxy) is 1. The summed E-state index contributed by atoms with van der Waals surface area (Å²) in [5.41, 5.74) is 0.314. The van der Waals surface area contributed by atoms with E-state index in [1.54, 1.807) is 30.3 Å². The maximum absolute atomic E-state index is 12.7. The van der Waals surface area contributed by atoms with E-state index in [-0.39, 0.29) is 18.3 Å². The second-order valence-electron chi connectivity index (χ2n) is 5.99. The summed E-state index contributed by atoms with van der Waals surface area (Å²) in [7, 11) is 0. The topological polar surface area (TPSA) is 53.6 Å². The van der Waals surface area contributed by atoms with Crippen LogP contribution >= 0.6 is 35.6 Å². The Labute approximate surface area is 175 Å². The van der Waals surface area contributed by atoms with Crippen LogP contribution in [-0.2, 0) is 0 Å². The summed E-state index contributed by atoms with van der Waals surface area (Å²) in [5, 5.41) is 7.05. The van der Waals surface area contributed by atoms with E-state index in [0.717, 1.165) is 32.7 Å². The van der Waals surface area contributed by atoms with Gasteiger partial charge in [0.2, 0.25) is 0 Å². The van der Waals surface area contributed by atoms with Crippen LogP contribution in [-0.4, -0.2) is 50.1 Å². The normalized spacial score (nSPS) is 14.3. The lowest BCUT2D eigenvalue weighted by atomic mass is 10.2. The molecule has 5 nitrogen and oxygen atoms in total. The number of rotatable bonds is 6. The molecule has 1 fully saturated rings. The highest BCUT2D eigenvalue weighted by molar-refractivity contribution is 6.34. The van der Waals surface area contributed by atoms with E-state index < -0.39 is 0 Å². The fourth-order valence-corrected chi connectivity index (χ4v) is 3.23. The average molecular weight is 431 g/mol. The van der Waals surface area contributed by atoms with Gasteiger partial charge in [-0.05, 0) is 24.3 Å². The van der Waals surface area contributed by atoms with E-state index in [4.69, 9.17) is 27.9 Å². The minimum Gasteiger partial charge on any atom is -0.455 e. The van der Waals surface area contributed by atoms with Crippen LogP contribution in [0.15, 0.2) is 42.5 Å². The largest absolute Gasteiger partial charge is 0.455 e. The maximum Gasteiger partial charge on any atom is 0.256 e. The molecule has 2 N–H and O–H groups in total. The number of para-hydroxylation sites is 1. The second-order valence-corrected chi connectivity index (χ2v) is 6.81.